The number of nitrogens with one attached hydrogen (secondary N) is 1. The average molecular weight is 327 g/mol. The number of pyridine rings is 1. The summed E-state index contributed by atoms with van der Waals surface area (Å²) in [5.41, 5.74) is 2.95. The summed E-state index contributed by atoms with van der Waals surface area (Å²) in [7, 11) is 0. The molecule has 1 aliphatic carbocycles. The molecule has 1 fully saturated rings. The number of aromatic nitrogens is 2. The SMILES string of the molecule is O=C(NC1CC(F)(F)C1)c1ccc2nc(-c3ccccc3)cn2c1. The molecule has 4 nitrogen and oxygen atoms in total. The van der Waals surface area contributed by atoms with E-state index in [1.54, 1.807) is 22.7 Å². The molecule has 24 heavy (non-hydrogen) atoms. The molecule has 3 aromatic rings. The molecule has 2 heterocycles. The third-order valence-corrected chi connectivity index (χ3v) is 4.21. The minimum Gasteiger partial charge on any atom is -0.349 e. The number of halogens is 2. The van der Waals surface area contributed by atoms with Gasteiger partial charge in [-0.05, 0) is 12.1 Å². The second-order valence-electron chi connectivity index (χ2n) is 6.11. The average Bonchev–Trinajstić information content (AvgIpc) is 2.97. The molecule has 0 bridgehead atoms. The summed E-state index contributed by atoms with van der Waals surface area (Å²) in [4.78, 5) is 16.7. The van der Waals surface area contributed by atoms with E-state index < -0.39 is 12.0 Å². The summed E-state index contributed by atoms with van der Waals surface area (Å²) in [6.45, 7) is 0. The number of amides is 1. The Morgan fingerprint density at radius 3 is 2.58 bits per heavy atom. The molecule has 0 radical (unpaired) electrons. The molecule has 1 N–H and O–H groups in total. The monoisotopic (exact) mass is 327 g/mol. The molecule has 6 heteroatoms. The zero-order chi connectivity index (χ0) is 16.7. The lowest BCUT2D eigenvalue weighted by molar-refractivity contribution is -0.0901. The van der Waals surface area contributed by atoms with Crippen LogP contribution in [0.25, 0.3) is 16.9 Å². The lowest BCUT2D eigenvalue weighted by atomic mass is 9.88. The van der Waals surface area contributed by atoms with E-state index >= 15 is 0 Å². The highest BCUT2D eigenvalue weighted by atomic mass is 19.3. The summed E-state index contributed by atoms with van der Waals surface area (Å²) < 4.78 is 27.5. The zero-order valence-electron chi connectivity index (χ0n) is 12.7. The van der Waals surface area contributed by atoms with E-state index in [2.05, 4.69) is 10.3 Å². The van der Waals surface area contributed by atoms with E-state index in [-0.39, 0.29) is 18.7 Å². The maximum absolute atomic E-state index is 12.8. The van der Waals surface area contributed by atoms with Gasteiger partial charge in [-0.3, -0.25) is 4.79 Å². The van der Waals surface area contributed by atoms with Gasteiger partial charge in [0.1, 0.15) is 5.65 Å². The molecular formula is C18H15F2N3O. The Morgan fingerprint density at radius 2 is 1.88 bits per heavy atom. The van der Waals surface area contributed by atoms with Crippen LogP contribution in [0.5, 0.6) is 0 Å². The van der Waals surface area contributed by atoms with E-state index in [1.165, 1.54) is 0 Å². The van der Waals surface area contributed by atoms with Gasteiger partial charge >= 0.3 is 0 Å². The van der Waals surface area contributed by atoms with Crippen molar-refractivity contribution in [2.24, 2.45) is 0 Å². The van der Waals surface area contributed by atoms with E-state index in [1.807, 2.05) is 36.5 Å². The quantitative estimate of drug-likeness (QED) is 0.800. The molecule has 1 amide bonds. The number of hydrogen-bond acceptors (Lipinski definition) is 2. The second kappa shape index (κ2) is 5.40. The number of fused-ring (bicyclic) bond motifs is 1. The molecule has 122 valence electrons. The number of carbonyl (C=O) groups excluding carboxylic acids is 1. The molecule has 0 aliphatic heterocycles. The predicted octanol–water partition coefficient (Wildman–Crippen LogP) is 3.53. The summed E-state index contributed by atoms with van der Waals surface area (Å²) in [5.74, 6) is -2.98. The van der Waals surface area contributed by atoms with Crippen LogP contribution < -0.4 is 5.32 Å². The Kier molecular flexibility index (Phi) is 3.33. The lowest BCUT2D eigenvalue weighted by Crippen LogP contribution is -2.50. The molecule has 0 atom stereocenters. The molecular weight excluding hydrogens is 312 g/mol. The normalized spacial score (nSPS) is 16.8. The maximum Gasteiger partial charge on any atom is 0.253 e. The first-order chi connectivity index (χ1) is 11.5. The van der Waals surface area contributed by atoms with Crippen LogP contribution in [0, 0.1) is 0 Å². The van der Waals surface area contributed by atoms with Crippen LogP contribution in [0.4, 0.5) is 8.78 Å². The fourth-order valence-corrected chi connectivity index (χ4v) is 2.91. The predicted molar refractivity (Wildman–Crippen MR) is 86.1 cm³/mol. The first kappa shape index (κ1) is 14.8. The number of alkyl halides is 2. The van der Waals surface area contributed by atoms with Crippen molar-refractivity contribution in [2.45, 2.75) is 24.8 Å². The van der Waals surface area contributed by atoms with Crippen LogP contribution in [-0.4, -0.2) is 27.3 Å². The van der Waals surface area contributed by atoms with Crippen LogP contribution in [0.15, 0.2) is 54.9 Å². The summed E-state index contributed by atoms with van der Waals surface area (Å²) >= 11 is 0. The van der Waals surface area contributed by atoms with Gasteiger partial charge in [0.2, 0.25) is 0 Å². The van der Waals surface area contributed by atoms with E-state index in [0.717, 1.165) is 16.9 Å². The second-order valence-corrected chi connectivity index (χ2v) is 6.11. The fraction of sp³-hybridized carbons (Fsp3) is 0.222. The van der Waals surface area contributed by atoms with Crippen molar-refractivity contribution in [1.29, 1.82) is 0 Å². The van der Waals surface area contributed by atoms with E-state index in [0.29, 0.717) is 5.56 Å². The van der Waals surface area contributed by atoms with Gasteiger partial charge in [-0.2, -0.15) is 0 Å². The van der Waals surface area contributed by atoms with Gasteiger partial charge in [0.05, 0.1) is 11.3 Å². The van der Waals surface area contributed by atoms with E-state index in [4.69, 9.17) is 0 Å². The molecule has 1 aromatic carbocycles. The number of carbonyl (C=O) groups is 1. The highest BCUT2D eigenvalue weighted by Gasteiger charge is 2.45. The summed E-state index contributed by atoms with van der Waals surface area (Å²) in [5, 5.41) is 2.64. The van der Waals surface area contributed by atoms with Gasteiger partial charge in [0.15, 0.2) is 0 Å². The van der Waals surface area contributed by atoms with Crippen molar-refractivity contribution >= 4 is 11.6 Å². The maximum atomic E-state index is 12.8. The van der Waals surface area contributed by atoms with Crippen LogP contribution in [0.3, 0.4) is 0 Å². The fourth-order valence-electron chi connectivity index (χ4n) is 2.91. The Morgan fingerprint density at radius 1 is 1.12 bits per heavy atom. The molecule has 0 unspecified atom stereocenters. The van der Waals surface area contributed by atoms with Crippen LogP contribution in [-0.2, 0) is 0 Å². The highest BCUT2D eigenvalue weighted by Crippen LogP contribution is 2.37. The minimum absolute atomic E-state index is 0.287. The van der Waals surface area contributed by atoms with Crippen molar-refractivity contribution in [3.63, 3.8) is 0 Å². The topological polar surface area (TPSA) is 46.4 Å². The third kappa shape index (κ3) is 2.75. The summed E-state index contributed by atoms with van der Waals surface area (Å²) in [6.07, 6.45) is 2.94. The van der Waals surface area contributed by atoms with Crippen molar-refractivity contribution in [1.82, 2.24) is 14.7 Å². The number of rotatable bonds is 3. The Bertz CT molecular complexity index is 897. The van der Waals surface area contributed by atoms with Crippen LogP contribution in [0.2, 0.25) is 0 Å². The van der Waals surface area contributed by atoms with Gasteiger partial charge in [-0.1, -0.05) is 30.3 Å². The smallest absolute Gasteiger partial charge is 0.253 e. The number of nitrogens with zero attached hydrogens (tertiary/aromatic N) is 2. The third-order valence-electron chi connectivity index (χ3n) is 4.21. The number of benzene rings is 1. The van der Waals surface area contributed by atoms with Gasteiger partial charge in [-0.25, -0.2) is 13.8 Å². The van der Waals surface area contributed by atoms with Gasteiger partial charge < -0.3 is 9.72 Å². The molecule has 1 saturated carbocycles. The number of hydrogen-bond donors (Lipinski definition) is 1. The molecule has 0 saturated heterocycles. The zero-order valence-corrected chi connectivity index (χ0v) is 12.7. The van der Waals surface area contributed by atoms with Crippen molar-refractivity contribution < 1.29 is 13.6 Å². The van der Waals surface area contributed by atoms with Gasteiger partial charge in [0, 0.05) is 36.8 Å². The van der Waals surface area contributed by atoms with Gasteiger partial charge in [0.25, 0.3) is 11.8 Å². The molecule has 0 spiro atoms. The summed E-state index contributed by atoms with van der Waals surface area (Å²) in [6, 6.07) is 12.7. The van der Waals surface area contributed by atoms with Gasteiger partial charge in [-0.15, -0.1) is 0 Å². The number of imidazole rings is 1. The Balaban J connectivity index is 1.56. The van der Waals surface area contributed by atoms with Crippen molar-refractivity contribution in [2.75, 3.05) is 0 Å². The molecule has 2 aromatic heterocycles. The first-order valence-electron chi connectivity index (χ1n) is 7.73. The van der Waals surface area contributed by atoms with E-state index in [9.17, 15) is 13.6 Å². The Labute approximate surface area is 137 Å². The molecule has 1 aliphatic rings. The first-order valence-corrected chi connectivity index (χ1v) is 7.73. The minimum atomic E-state index is -2.64. The highest BCUT2D eigenvalue weighted by molar-refractivity contribution is 5.94. The standard InChI is InChI=1S/C18H15F2N3O/c19-18(20)8-14(9-18)21-17(24)13-6-7-16-22-15(11-23(16)10-13)12-4-2-1-3-5-12/h1-7,10-11,14H,8-9H2,(H,21,24). The van der Waals surface area contributed by atoms with Crippen molar-refractivity contribution in [3.8, 4) is 11.3 Å². The molecule has 4 rings (SSSR count). The van der Waals surface area contributed by atoms with Crippen molar-refractivity contribution in [3.05, 3.63) is 60.4 Å². The largest absolute Gasteiger partial charge is 0.349 e. The van der Waals surface area contributed by atoms with Crippen LogP contribution >= 0.6 is 0 Å². The van der Waals surface area contributed by atoms with Crippen LogP contribution in [0.1, 0.15) is 23.2 Å². The lowest BCUT2D eigenvalue weighted by Gasteiger charge is -2.35. The Hall–Kier alpha value is -2.76.